The molecule has 2 aliphatic carbocycles. The van der Waals surface area contributed by atoms with Crippen LogP contribution in [0, 0.1) is 11.8 Å². The first-order valence-corrected chi connectivity index (χ1v) is 6.33. The molecule has 2 N–H and O–H groups in total. The molecule has 1 spiro atoms. The summed E-state index contributed by atoms with van der Waals surface area (Å²) in [6.07, 6.45) is 7.95. The molecule has 1 heterocycles. The Hall–Kier alpha value is -1.06. The first-order valence-electron chi connectivity index (χ1n) is 6.33. The second-order valence-corrected chi connectivity index (χ2v) is 5.54. The minimum absolute atomic E-state index is 0.0958. The zero-order valence-corrected chi connectivity index (χ0v) is 9.42. The maximum absolute atomic E-state index is 11.8. The van der Waals surface area contributed by atoms with Gasteiger partial charge in [-0.3, -0.25) is 10.1 Å². The highest BCUT2D eigenvalue weighted by molar-refractivity contribution is 6.07. The van der Waals surface area contributed by atoms with Gasteiger partial charge in [0.2, 0.25) is 0 Å². The van der Waals surface area contributed by atoms with E-state index in [4.69, 9.17) is 0 Å². The number of carbonyl (C=O) groups excluding carboxylic acids is 2. The number of fused-ring (bicyclic) bond motifs is 1. The van der Waals surface area contributed by atoms with Gasteiger partial charge in [-0.15, -0.1) is 0 Å². The third kappa shape index (κ3) is 1.43. The lowest BCUT2D eigenvalue weighted by molar-refractivity contribution is -0.126. The summed E-state index contributed by atoms with van der Waals surface area (Å²) in [5, 5.41) is 5.24. The molecule has 0 bridgehead atoms. The third-order valence-corrected chi connectivity index (χ3v) is 4.63. The van der Waals surface area contributed by atoms with Crippen LogP contribution in [-0.2, 0) is 4.79 Å². The quantitative estimate of drug-likeness (QED) is 0.611. The number of hydrogen-bond donors (Lipinski definition) is 2. The van der Waals surface area contributed by atoms with Crippen molar-refractivity contribution in [1.82, 2.24) is 10.6 Å². The van der Waals surface area contributed by atoms with Gasteiger partial charge in [0.05, 0.1) is 0 Å². The van der Waals surface area contributed by atoms with Gasteiger partial charge in [0.25, 0.3) is 5.91 Å². The number of rotatable bonds is 0. The molecule has 3 amide bonds. The van der Waals surface area contributed by atoms with Crippen LogP contribution in [0.2, 0.25) is 0 Å². The van der Waals surface area contributed by atoms with E-state index in [9.17, 15) is 9.59 Å². The summed E-state index contributed by atoms with van der Waals surface area (Å²) in [6, 6.07) is -0.306. The second kappa shape index (κ2) is 3.47. The maximum Gasteiger partial charge on any atom is 0.322 e. The van der Waals surface area contributed by atoms with Crippen molar-refractivity contribution in [2.45, 2.75) is 50.5 Å². The average molecular weight is 222 g/mol. The average Bonchev–Trinajstić information content (AvgIpc) is 2.53. The number of carbonyl (C=O) groups is 2. The number of amides is 3. The van der Waals surface area contributed by atoms with Crippen LogP contribution in [0.3, 0.4) is 0 Å². The van der Waals surface area contributed by atoms with E-state index in [2.05, 4.69) is 10.6 Å². The summed E-state index contributed by atoms with van der Waals surface area (Å²) < 4.78 is 0. The highest BCUT2D eigenvalue weighted by Crippen LogP contribution is 2.45. The number of hydrogen-bond acceptors (Lipinski definition) is 2. The molecule has 2 saturated carbocycles. The first-order chi connectivity index (χ1) is 7.70. The Balaban J connectivity index is 1.79. The minimum atomic E-state index is -0.560. The predicted molar refractivity (Wildman–Crippen MR) is 58.7 cm³/mol. The van der Waals surface area contributed by atoms with Gasteiger partial charge in [0.15, 0.2) is 0 Å². The molecule has 3 fully saturated rings. The highest BCUT2D eigenvalue weighted by atomic mass is 16.2. The molecule has 88 valence electrons. The topological polar surface area (TPSA) is 58.2 Å². The van der Waals surface area contributed by atoms with E-state index in [0.29, 0.717) is 5.92 Å². The van der Waals surface area contributed by atoms with Crippen molar-refractivity contribution in [3.63, 3.8) is 0 Å². The molecule has 3 rings (SSSR count). The van der Waals surface area contributed by atoms with E-state index in [1.807, 2.05) is 0 Å². The molecule has 3 aliphatic rings. The summed E-state index contributed by atoms with van der Waals surface area (Å²) >= 11 is 0. The SMILES string of the molecule is O=C1NC(=O)C2(CCC3CCCCC3C2)N1. The fourth-order valence-electron chi connectivity index (χ4n) is 3.76. The number of imide groups is 1. The maximum atomic E-state index is 11.8. The first kappa shape index (κ1) is 10.1. The van der Waals surface area contributed by atoms with Gasteiger partial charge in [-0.2, -0.15) is 0 Å². The summed E-state index contributed by atoms with van der Waals surface area (Å²) in [5.74, 6) is 1.35. The Bertz CT molecular complexity index is 342. The highest BCUT2D eigenvalue weighted by Gasteiger charge is 2.51. The molecule has 0 aromatic heterocycles. The van der Waals surface area contributed by atoms with Crippen LogP contribution in [0.15, 0.2) is 0 Å². The molecule has 0 aromatic carbocycles. The van der Waals surface area contributed by atoms with Gasteiger partial charge in [-0.1, -0.05) is 25.7 Å². The zero-order chi connectivity index (χ0) is 11.2. The summed E-state index contributed by atoms with van der Waals surface area (Å²) in [5.41, 5.74) is -0.560. The van der Waals surface area contributed by atoms with Crippen molar-refractivity contribution < 1.29 is 9.59 Å². The van der Waals surface area contributed by atoms with Gasteiger partial charge < -0.3 is 5.32 Å². The molecule has 0 radical (unpaired) electrons. The Morgan fingerprint density at radius 1 is 1.06 bits per heavy atom. The number of nitrogens with one attached hydrogen (secondary N) is 2. The van der Waals surface area contributed by atoms with Crippen LogP contribution in [0.5, 0.6) is 0 Å². The van der Waals surface area contributed by atoms with Crippen LogP contribution >= 0.6 is 0 Å². The van der Waals surface area contributed by atoms with Crippen LogP contribution in [0.25, 0.3) is 0 Å². The van der Waals surface area contributed by atoms with E-state index in [-0.39, 0.29) is 11.9 Å². The van der Waals surface area contributed by atoms with Crippen LogP contribution in [0.1, 0.15) is 44.9 Å². The van der Waals surface area contributed by atoms with Gasteiger partial charge in [-0.25, -0.2) is 4.79 Å². The summed E-state index contributed by atoms with van der Waals surface area (Å²) in [4.78, 5) is 23.1. The fourth-order valence-corrected chi connectivity index (χ4v) is 3.76. The molecule has 4 nitrogen and oxygen atoms in total. The van der Waals surface area contributed by atoms with Crippen molar-refractivity contribution >= 4 is 11.9 Å². The Labute approximate surface area is 95.2 Å². The molecule has 1 saturated heterocycles. The largest absolute Gasteiger partial charge is 0.323 e. The van der Waals surface area contributed by atoms with Gasteiger partial charge in [0.1, 0.15) is 5.54 Å². The van der Waals surface area contributed by atoms with Crippen molar-refractivity contribution in [2.75, 3.05) is 0 Å². The smallest absolute Gasteiger partial charge is 0.322 e. The van der Waals surface area contributed by atoms with Gasteiger partial charge in [-0.05, 0) is 31.1 Å². The van der Waals surface area contributed by atoms with Gasteiger partial charge in [0, 0.05) is 0 Å². The minimum Gasteiger partial charge on any atom is -0.323 e. The van der Waals surface area contributed by atoms with Crippen molar-refractivity contribution in [2.24, 2.45) is 11.8 Å². The third-order valence-electron chi connectivity index (χ3n) is 4.63. The monoisotopic (exact) mass is 222 g/mol. The van der Waals surface area contributed by atoms with Gasteiger partial charge >= 0.3 is 6.03 Å². The van der Waals surface area contributed by atoms with Crippen LogP contribution < -0.4 is 10.6 Å². The molecule has 0 aromatic rings. The lowest BCUT2D eigenvalue weighted by atomic mass is 9.64. The molecule has 4 heteroatoms. The summed E-state index contributed by atoms with van der Waals surface area (Å²) in [6.45, 7) is 0. The van der Waals surface area contributed by atoms with Crippen LogP contribution in [0.4, 0.5) is 4.79 Å². The standard InChI is InChI=1S/C12H18N2O2/c15-10-12(14-11(16)13-10)6-5-8-3-1-2-4-9(8)7-12/h8-9H,1-7H2,(H2,13,14,15,16). The summed E-state index contributed by atoms with van der Waals surface area (Å²) in [7, 11) is 0. The van der Waals surface area contributed by atoms with Crippen molar-refractivity contribution in [1.29, 1.82) is 0 Å². The molecule has 3 unspecified atom stereocenters. The normalized spacial score (nSPS) is 42.8. The van der Waals surface area contributed by atoms with Crippen LogP contribution in [-0.4, -0.2) is 17.5 Å². The van der Waals surface area contributed by atoms with Crippen molar-refractivity contribution in [3.8, 4) is 0 Å². The Kier molecular flexibility index (Phi) is 2.19. The second-order valence-electron chi connectivity index (χ2n) is 5.54. The van der Waals surface area contributed by atoms with E-state index in [0.717, 1.165) is 25.2 Å². The van der Waals surface area contributed by atoms with Crippen molar-refractivity contribution in [3.05, 3.63) is 0 Å². The molecular weight excluding hydrogens is 204 g/mol. The van der Waals surface area contributed by atoms with E-state index in [1.54, 1.807) is 0 Å². The predicted octanol–water partition coefficient (Wildman–Crippen LogP) is 1.55. The lowest BCUT2D eigenvalue weighted by Crippen LogP contribution is -2.52. The number of urea groups is 1. The van der Waals surface area contributed by atoms with E-state index in [1.165, 1.54) is 25.7 Å². The molecule has 1 aliphatic heterocycles. The molecule has 16 heavy (non-hydrogen) atoms. The zero-order valence-electron chi connectivity index (χ0n) is 9.42. The Morgan fingerprint density at radius 2 is 1.81 bits per heavy atom. The molecular formula is C12H18N2O2. The fraction of sp³-hybridized carbons (Fsp3) is 0.833. The Morgan fingerprint density at radius 3 is 2.50 bits per heavy atom. The lowest BCUT2D eigenvalue weighted by Gasteiger charge is -2.43. The van der Waals surface area contributed by atoms with E-state index >= 15 is 0 Å². The van der Waals surface area contributed by atoms with E-state index < -0.39 is 5.54 Å². The molecule has 3 atom stereocenters.